The van der Waals surface area contributed by atoms with Crippen molar-refractivity contribution in [3.8, 4) is 5.82 Å². The number of piperazine rings is 1. The number of hydrogen-bond donors (Lipinski definition) is 0. The van der Waals surface area contributed by atoms with Crippen molar-refractivity contribution in [1.82, 2.24) is 24.6 Å². The molecule has 32 heavy (non-hydrogen) atoms. The van der Waals surface area contributed by atoms with E-state index in [4.69, 9.17) is 0 Å². The van der Waals surface area contributed by atoms with Crippen molar-refractivity contribution < 1.29 is 4.79 Å². The molecule has 2 aromatic heterocycles. The van der Waals surface area contributed by atoms with Crippen molar-refractivity contribution in [3.63, 3.8) is 0 Å². The van der Waals surface area contributed by atoms with Gasteiger partial charge in [-0.05, 0) is 49.9 Å². The van der Waals surface area contributed by atoms with Crippen LogP contribution in [-0.4, -0.2) is 56.7 Å². The minimum Gasteiger partial charge on any atom is -0.353 e. The molecule has 1 fully saturated rings. The molecular weight excluding hydrogens is 400 g/mol. The Balaban J connectivity index is 1.46. The quantitative estimate of drug-likeness (QED) is 0.629. The van der Waals surface area contributed by atoms with E-state index in [9.17, 15) is 4.79 Å². The number of aromatic nitrogens is 4. The van der Waals surface area contributed by atoms with Gasteiger partial charge in [0.15, 0.2) is 5.82 Å². The molecule has 1 aliphatic heterocycles. The molecule has 3 aromatic rings. The first-order valence-corrected chi connectivity index (χ1v) is 11.2. The molecule has 1 saturated heterocycles. The molecule has 4 rings (SSSR count). The molecule has 1 aliphatic rings. The zero-order chi connectivity index (χ0) is 23.0. The normalized spacial score (nSPS) is 14.7. The molecule has 168 valence electrons. The highest BCUT2D eigenvalue weighted by atomic mass is 16.2. The second kappa shape index (κ2) is 8.37. The van der Waals surface area contributed by atoms with E-state index in [1.54, 1.807) is 0 Å². The van der Waals surface area contributed by atoms with Crippen LogP contribution in [0.25, 0.3) is 5.82 Å². The van der Waals surface area contributed by atoms with Crippen molar-refractivity contribution >= 4 is 11.7 Å². The van der Waals surface area contributed by atoms with E-state index >= 15 is 0 Å². The van der Waals surface area contributed by atoms with Crippen LogP contribution in [0.2, 0.25) is 0 Å². The molecule has 7 nitrogen and oxygen atoms in total. The third-order valence-electron chi connectivity index (χ3n) is 5.93. The van der Waals surface area contributed by atoms with Crippen LogP contribution in [0.5, 0.6) is 0 Å². The van der Waals surface area contributed by atoms with Crippen LogP contribution in [-0.2, 0) is 5.41 Å². The zero-order valence-corrected chi connectivity index (χ0v) is 19.9. The fraction of sp³-hybridized carbons (Fsp3) is 0.440. The van der Waals surface area contributed by atoms with Crippen LogP contribution >= 0.6 is 0 Å². The van der Waals surface area contributed by atoms with Crippen LogP contribution in [0.3, 0.4) is 0 Å². The lowest BCUT2D eigenvalue weighted by atomic mass is 9.86. The highest BCUT2D eigenvalue weighted by Gasteiger charge is 2.24. The molecule has 0 N–H and O–H groups in total. The molecule has 0 unspecified atom stereocenters. The predicted octanol–water partition coefficient (Wildman–Crippen LogP) is 3.85. The van der Waals surface area contributed by atoms with Gasteiger partial charge in [-0.15, -0.1) is 0 Å². The second-order valence-electron chi connectivity index (χ2n) is 9.58. The Bertz CT molecular complexity index is 1120. The number of benzene rings is 1. The van der Waals surface area contributed by atoms with Crippen molar-refractivity contribution in [2.24, 2.45) is 0 Å². The average molecular weight is 433 g/mol. The summed E-state index contributed by atoms with van der Waals surface area (Å²) in [6, 6.07) is 12.0. The summed E-state index contributed by atoms with van der Waals surface area (Å²) in [5.74, 6) is 2.45. The Morgan fingerprint density at radius 1 is 0.875 bits per heavy atom. The van der Waals surface area contributed by atoms with E-state index in [-0.39, 0.29) is 11.3 Å². The molecule has 0 radical (unpaired) electrons. The predicted molar refractivity (Wildman–Crippen MR) is 127 cm³/mol. The first-order chi connectivity index (χ1) is 15.1. The smallest absolute Gasteiger partial charge is 0.253 e. The summed E-state index contributed by atoms with van der Waals surface area (Å²) in [5, 5.41) is 4.55. The minimum atomic E-state index is 0.0785. The monoisotopic (exact) mass is 432 g/mol. The maximum Gasteiger partial charge on any atom is 0.253 e. The summed E-state index contributed by atoms with van der Waals surface area (Å²) in [4.78, 5) is 26.4. The molecule has 1 aromatic carbocycles. The molecule has 3 heterocycles. The van der Waals surface area contributed by atoms with Gasteiger partial charge in [-0.1, -0.05) is 32.9 Å². The topological polar surface area (TPSA) is 67.2 Å². The second-order valence-corrected chi connectivity index (χ2v) is 9.58. The van der Waals surface area contributed by atoms with Gasteiger partial charge in [0.2, 0.25) is 0 Å². The van der Waals surface area contributed by atoms with E-state index < -0.39 is 0 Å². The summed E-state index contributed by atoms with van der Waals surface area (Å²) in [7, 11) is 0. The number of carbonyl (C=O) groups excluding carboxylic acids is 1. The van der Waals surface area contributed by atoms with Crippen LogP contribution in [0.15, 0.2) is 36.4 Å². The van der Waals surface area contributed by atoms with E-state index in [1.165, 1.54) is 5.56 Å². The third-order valence-corrected chi connectivity index (χ3v) is 5.93. The van der Waals surface area contributed by atoms with E-state index in [0.29, 0.717) is 18.9 Å². The van der Waals surface area contributed by atoms with Gasteiger partial charge in [-0.25, -0.2) is 14.6 Å². The maximum atomic E-state index is 13.0. The van der Waals surface area contributed by atoms with Crippen molar-refractivity contribution in [2.75, 3.05) is 31.1 Å². The molecule has 0 atom stereocenters. The SMILES string of the molecule is Cc1cc(C)n(-c2cc(N3CCN(C(=O)c4ccc(C(C)(C)C)cc4)CC3)nc(C)n2)n1. The largest absolute Gasteiger partial charge is 0.353 e. The molecule has 0 bridgehead atoms. The van der Waals surface area contributed by atoms with E-state index in [0.717, 1.165) is 41.7 Å². The minimum absolute atomic E-state index is 0.0785. The maximum absolute atomic E-state index is 13.0. The highest BCUT2D eigenvalue weighted by molar-refractivity contribution is 5.94. The number of carbonyl (C=O) groups is 1. The summed E-state index contributed by atoms with van der Waals surface area (Å²) in [6.45, 7) is 15.2. The average Bonchev–Trinajstić information content (AvgIpc) is 3.10. The molecule has 0 aliphatic carbocycles. The molecule has 0 saturated carbocycles. The van der Waals surface area contributed by atoms with Crippen molar-refractivity contribution in [2.45, 2.75) is 47.0 Å². The summed E-state index contributed by atoms with van der Waals surface area (Å²) >= 11 is 0. The number of nitrogens with zero attached hydrogens (tertiary/aromatic N) is 6. The van der Waals surface area contributed by atoms with Gasteiger partial charge in [-0.2, -0.15) is 5.10 Å². The van der Waals surface area contributed by atoms with Gasteiger partial charge in [0.25, 0.3) is 5.91 Å². The van der Waals surface area contributed by atoms with Crippen LogP contribution in [0.1, 0.15) is 53.9 Å². The number of aryl methyl sites for hydroxylation is 3. The van der Waals surface area contributed by atoms with Crippen LogP contribution in [0.4, 0.5) is 5.82 Å². The fourth-order valence-electron chi connectivity index (χ4n) is 4.10. The standard InChI is InChI=1S/C25H32N6O/c1-17-15-18(2)31(28-17)23-16-22(26-19(3)27-23)29-11-13-30(14-12-29)24(32)20-7-9-21(10-8-20)25(4,5)6/h7-10,15-16H,11-14H2,1-6H3. The summed E-state index contributed by atoms with van der Waals surface area (Å²) in [6.07, 6.45) is 0. The number of anilines is 1. The summed E-state index contributed by atoms with van der Waals surface area (Å²) in [5.41, 5.74) is 4.06. The van der Waals surface area contributed by atoms with Crippen LogP contribution in [0, 0.1) is 20.8 Å². The molecule has 1 amide bonds. The lowest BCUT2D eigenvalue weighted by molar-refractivity contribution is 0.0746. The van der Waals surface area contributed by atoms with Crippen molar-refractivity contribution in [3.05, 3.63) is 64.7 Å². The Labute approximate surface area is 190 Å². The third kappa shape index (κ3) is 4.52. The lowest BCUT2D eigenvalue weighted by Crippen LogP contribution is -2.49. The van der Waals surface area contributed by atoms with Gasteiger partial charge in [-0.3, -0.25) is 4.79 Å². The molecule has 7 heteroatoms. The van der Waals surface area contributed by atoms with Gasteiger partial charge < -0.3 is 9.80 Å². The Morgan fingerprint density at radius 3 is 2.06 bits per heavy atom. The van der Waals surface area contributed by atoms with E-state index in [1.807, 2.05) is 54.6 Å². The Hall–Kier alpha value is -3.22. The van der Waals surface area contributed by atoms with Gasteiger partial charge in [0.1, 0.15) is 11.6 Å². The van der Waals surface area contributed by atoms with Gasteiger partial charge in [0, 0.05) is 43.5 Å². The number of rotatable bonds is 3. The highest BCUT2D eigenvalue weighted by Crippen LogP contribution is 2.23. The number of hydrogen-bond acceptors (Lipinski definition) is 5. The van der Waals surface area contributed by atoms with Gasteiger partial charge in [0.05, 0.1) is 5.69 Å². The lowest BCUT2D eigenvalue weighted by Gasteiger charge is -2.35. The van der Waals surface area contributed by atoms with Gasteiger partial charge >= 0.3 is 0 Å². The first kappa shape index (κ1) is 22.0. The fourth-order valence-corrected chi connectivity index (χ4v) is 4.10. The van der Waals surface area contributed by atoms with Crippen LogP contribution < -0.4 is 4.90 Å². The first-order valence-electron chi connectivity index (χ1n) is 11.2. The van der Waals surface area contributed by atoms with E-state index in [2.05, 4.69) is 52.9 Å². The van der Waals surface area contributed by atoms with Crippen molar-refractivity contribution in [1.29, 1.82) is 0 Å². The summed E-state index contributed by atoms with van der Waals surface area (Å²) < 4.78 is 1.86. The Kier molecular flexibility index (Phi) is 5.75. The molecular formula is C25H32N6O. The zero-order valence-electron chi connectivity index (χ0n) is 19.9. The number of amides is 1. The Morgan fingerprint density at radius 2 is 1.50 bits per heavy atom. The molecule has 0 spiro atoms.